The fourth-order valence-corrected chi connectivity index (χ4v) is 2.79. The molecular weight excluding hydrogens is 260 g/mol. The molecule has 1 aromatic carbocycles. The fraction of sp³-hybridized carbons (Fsp3) is 0.364. The summed E-state index contributed by atoms with van der Waals surface area (Å²) in [5.41, 5.74) is 1.10. The lowest BCUT2D eigenvalue weighted by atomic mass is 10.1. The summed E-state index contributed by atoms with van der Waals surface area (Å²) in [7, 11) is -3.56. The highest BCUT2D eigenvalue weighted by atomic mass is 35.5. The molecule has 92 valence electrons. The molecule has 0 saturated heterocycles. The van der Waals surface area contributed by atoms with Gasteiger partial charge >= 0.3 is 0 Å². The van der Waals surface area contributed by atoms with Crippen molar-refractivity contribution in [1.82, 2.24) is 4.72 Å². The van der Waals surface area contributed by atoms with E-state index in [1.807, 2.05) is 6.07 Å². The molecule has 1 N–H and O–H groups in total. The summed E-state index contributed by atoms with van der Waals surface area (Å²) in [5, 5.41) is 8.76. The van der Waals surface area contributed by atoms with Gasteiger partial charge in [-0.2, -0.15) is 5.26 Å². The monoisotopic (exact) mass is 272 g/mol. The number of halogens is 1. The molecule has 17 heavy (non-hydrogen) atoms. The molecule has 0 aliphatic heterocycles. The number of hydrogen-bond acceptors (Lipinski definition) is 3. The van der Waals surface area contributed by atoms with Crippen LogP contribution >= 0.6 is 11.6 Å². The maximum Gasteiger partial charge on any atom is 0.240 e. The Morgan fingerprint density at radius 2 is 2.18 bits per heavy atom. The van der Waals surface area contributed by atoms with Crippen molar-refractivity contribution in [3.63, 3.8) is 0 Å². The van der Waals surface area contributed by atoms with Gasteiger partial charge in [0.2, 0.25) is 10.0 Å². The number of nitrogens with zero attached hydrogens (tertiary/aromatic N) is 1. The van der Waals surface area contributed by atoms with Gasteiger partial charge in [0.05, 0.1) is 16.5 Å². The van der Waals surface area contributed by atoms with Crippen molar-refractivity contribution in [3.8, 4) is 6.07 Å². The van der Waals surface area contributed by atoms with Gasteiger partial charge in [-0.25, -0.2) is 13.1 Å². The molecule has 1 rings (SSSR count). The van der Waals surface area contributed by atoms with Gasteiger partial charge in [-0.15, -0.1) is 11.6 Å². The second-order valence-corrected chi connectivity index (χ2v) is 5.79. The van der Waals surface area contributed by atoms with Crippen LogP contribution in [0.3, 0.4) is 0 Å². The molecule has 0 amide bonds. The summed E-state index contributed by atoms with van der Waals surface area (Å²) >= 11 is 5.55. The second-order valence-electron chi connectivity index (χ2n) is 3.77. The van der Waals surface area contributed by atoms with Gasteiger partial charge < -0.3 is 0 Å². The van der Waals surface area contributed by atoms with Gasteiger partial charge in [-0.3, -0.25) is 0 Å². The van der Waals surface area contributed by atoms with Crippen LogP contribution in [0.2, 0.25) is 0 Å². The average molecular weight is 273 g/mol. The van der Waals surface area contributed by atoms with E-state index in [2.05, 4.69) is 4.72 Å². The molecular formula is C11H13ClN2O2S. The normalized spacial score (nSPS) is 13.1. The Balaban J connectivity index is 3.09. The summed E-state index contributed by atoms with van der Waals surface area (Å²) in [5.74, 6) is 0.203. The van der Waals surface area contributed by atoms with Gasteiger partial charge in [-0.1, -0.05) is 0 Å². The highest BCUT2D eigenvalue weighted by molar-refractivity contribution is 7.89. The summed E-state index contributed by atoms with van der Waals surface area (Å²) in [6.07, 6.45) is 0. The molecule has 6 heteroatoms. The zero-order valence-corrected chi connectivity index (χ0v) is 11.1. The molecule has 0 aliphatic carbocycles. The largest absolute Gasteiger partial charge is 0.240 e. The van der Waals surface area contributed by atoms with Crippen molar-refractivity contribution >= 4 is 21.6 Å². The summed E-state index contributed by atoms with van der Waals surface area (Å²) in [6.45, 7) is 3.38. The van der Waals surface area contributed by atoms with Crippen LogP contribution in [0.4, 0.5) is 0 Å². The van der Waals surface area contributed by atoms with Crippen LogP contribution in [0, 0.1) is 18.3 Å². The highest BCUT2D eigenvalue weighted by Crippen LogP contribution is 2.15. The number of hydrogen-bond donors (Lipinski definition) is 1. The van der Waals surface area contributed by atoms with Crippen molar-refractivity contribution < 1.29 is 8.42 Å². The van der Waals surface area contributed by atoms with E-state index in [-0.39, 0.29) is 16.8 Å². The predicted octanol–water partition coefficient (Wildman–Crippen LogP) is 1.77. The number of benzene rings is 1. The molecule has 0 bridgehead atoms. The van der Waals surface area contributed by atoms with Crippen LogP contribution in [-0.2, 0) is 10.0 Å². The molecule has 0 aliphatic rings. The van der Waals surface area contributed by atoms with Crippen LogP contribution < -0.4 is 4.72 Å². The van der Waals surface area contributed by atoms with Crippen LogP contribution in [0.5, 0.6) is 0 Å². The molecule has 0 saturated carbocycles. The minimum atomic E-state index is -3.56. The number of nitrogens with one attached hydrogen (secondary N) is 1. The van der Waals surface area contributed by atoms with E-state index in [0.29, 0.717) is 11.1 Å². The molecule has 1 unspecified atom stereocenters. The molecule has 0 radical (unpaired) electrons. The van der Waals surface area contributed by atoms with E-state index in [1.165, 1.54) is 18.2 Å². The van der Waals surface area contributed by atoms with Crippen LogP contribution in [0.25, 0.3) is 0 Å². The fourth-order valence-electron chi connectivity index (χ4n) is 1.29. The van der Waals surface area contributed by atoms with Gasteiger partial charge in [0.1, 0.15) is 0 Å². The number of nitriles is 1. The minimum absolute atomic E-state index is 0.144. The Morgan fingerprint density at radius 1 is 1.53 bits per heavy atom. The van der Waals surface area contributed by atoms with E-state index in [9.17, 15) is 8.42 Å². The Morgan fingerprint density at radius 3 is 2.65 bits per heavy atom. The minimum Gasteiger partial charge on any atom is -0.207 e. The van der Waals surface area contributed by atoms with Gasteiger partial charge in [0, 0.05) is 11.9 Å². The van der Waals surface area contributed by atoms with Crippen molar-refractivity contribution in [3.05, 3.63) is 29.3 Å². The van der Waals surface area contributed by atoms with Gasteiger partial charge in [-0.05, 0) is 37.6 Å². The highest BCUT2D eigenvalue weighted by Gasteiger charge is 2.17. The summed E-state index contributed by atoms with van der Waals surface area (Å²) in [4.78, 5) is 0.144. The standard InChI is InChI=1S/C11H13ClN2O2S/c1-8-5-11(4-3-10(8)7-13)17(15,16)14-9(2)6-12/h3-5,9,14H,6H2,1-2H3. The smallest absolute Gasteiger partial charge is 0.207 e. The zero-order valence-electron chi connectivity index (χ0n) is 9.57. The lowest BCUT2D eigenvalue weighted by Crippen LogP contribution is -2.33. The van der Waals surface area contributed by atoms with E-state index in [4.69, 9.17) is 16.9 Å². The third-order valence-electron chi connectivity index (χ3n) is 2.22. The predicted molar refractivity (Wildman–Crippen MR) is 66.4 cm³/mol. The number of aryl methyl sites for hydroxylation is 1. The SMILES string of the molecule is Cc1cc(S(=O)(=O)NC(C)CCl)ccc1C#N. The molecule has 0 fully saturated rings. The zero-order chi connectivity index (χ0) is 13.1. The van der Waals surface area contributed by atoms with E-state index in [1.54, 1.807) is 13.8 Å². The maximum absolute atomic E-state index is 11.9. The first-order valence-corrected chi connectivity index (χ1v) is 7.01. The second kappa shape index (κ2) is 5.50. The lowest BCUT2D eigenvalue weighted by Gasteiger charge is -2.11. The Hall–Kier alpha value is -1.09. The molecule has 0 heterocycles. The Bertz CT molecular complexity index is 549. The first kappa shape index (κ1) is 14.0. The number of alkyl halides is 1. The van der Waals surface area contributed by atoms with E-state index in [0.717, 1.165) is 0 Å². The Kier molecular flexibility index (Phi) is 4.52. The van der Waals surface area contributed by atoms with E-state index >= 15 is 0 Å². The first-order chi connectivity index (χ1) is 7.90. The summed E-state index contributed by atoms with van der Waals surface area (Å²) in [6, 6.07) is 6.03. The number of rotatable bonds is 4. The third-order valence-corrected chi connectivity index (χ3v) is 4.27. The van der Waals surface area contributed by atoms with Crippen molar-refractivity contribution in [2.45, 2.75) is 24.8 Å². The molecule has 0 aromatic heterocycles. The van der Waals surface area contributed by atoms with E-state index < -0.39 is 10.0 Å². The summed E-state index contributed by atoms with van der Waals surface area (Å²) < 4.78 is 26.2. The van der Waals surface area contributed by atoms with Crippen LogP contribution in [0.1, 0.15) is 18.1 Å². The number of sulfonamides is 1. The first-order valence-electron chi connectivity index (χ1n) is 4.99. The van der Waals surface area contributed by atoms with Crippen LogP contribution in [-0.4, -0.2) is 20.3 Å². The topological polar surface area (TPSA) is 70.0 Å². The molecule has 1 aromatic rings. The quantitative estimate of drug-likeness (QED) is 0.850. The maximum atomic E-state index is 11.9. The van der Waals surface area contributed by atoms with Crippen molar-refractivity contribution in [1.29, 1.82) is 5.26 Å². The van der Waals surface area contributed by atoms with Crippen molar-refractivity contribution in [2.75, 3.05) is 5.88 Å². The molecule has 1 atom stereocenters. The molecule has 4 nitrogen and oxygen atoms in total. The van der Waals surface area contributed by atoms with Gasteiger partial charge in [0.15, 0.2) is 0 Å². The third kappa shape index (κ3) is 3.43. The Labute approximate surface area is 106 Å². The average Bonchev–Trinajstić information content (AvgIpc) is 2.28. The lowest BCUT2D eigenvalue weighted by molar-refractivity contribution is 0.570. The van der Waals surface area contributed by atoms with Crippen LogP contribution in [0.15, 0.2) is 23.1 Å². The van der Waals surface area contributed by atoms with Crippen molar-refractivity contribution in [2.24, 2.45) is 0 Å². The van der Waals surface area contributed by atoms with Gasteiger partial charge in [0.25, 0.3) is 0 Å². The molecule has 0 spiro atoms.